The molecule has 0 saturated heterocycles. The first kappa shape index (κ1) is 17.1. The molecular formula is C19H19N3O2S. The van der Waals surface area contributed by atoms with Crippen LogP contribution in [0.1, 0.15) is 21.5 Å². The minimum absolute atomic E-state index is 0.106. The number of aryl methyl sites for hydroxylation is 2. The predicted octanol–water partition coefficient (Wildman–Crippen LogP) is 3.63. The van der Waals surface area contributed by atoms with Crippen LogP contribution in [0.15, 0.2) is 47.8 Å². The zero-order valence-corrected chi connectivity index (χ0v) is 15.0. The summed E-state index contributed by atoms with van der Waals surface area (Å²) in [6.45, 7) is 4.76. The first-order valence-electron chi connectivity index (χ1n) is 7.99. The number of carbonyl (C=O) groups is 1. The first-order valence-corrected chi connectivity index (χ1v) is 8.87. The molecule has 0 unspecified atom stereocenters. The number of hydrogen-bond donors (Lipinski definition) is 1. The summed E-state index contributed by atoms with van der Waals surface area (Å²) < 4.78 is 5.52. The number of nitrogens with one attached hydrogen (secondary N) is 1. The fourth-order valence-electron chi connectivity index (χ4n) is 2.26. The highest BCUT2D eigenvalue weighted by atomic mass is 32.1. The number of nitrogens with zero attached hydrogens (tertiary/aromatic N) is 2. The molecule has 2 heterocycles. The summed E-state index contributed by atoms with van der Waals surface area (Å²) in [5.41, 5.74) is 3.75. The Hall–Kier alpha value is -2.73. The zero-order chi connectivity index (χ0) is 17.6. The van der Waals surface area contributed by atoms with Gasteiger partial charge in [-0.25, -0.2) is 0 Å². The molecule has 1 N–H and O–H groups in total. The van der Waals surface area contributed by atoms with Crippen molar-refractivity contribution in [2.24, 2.45) is 0 Å². The van der Waals surface area contributed by atoms with Crippen LogP contribution in [0.25, 0.3) is 10.6 Å². The Kier molecular flexibility index (Phi) is 5.40. The fourth-order valence-corrected chi connectivity index (χ4v) is 2.95. The van der Waals surface area contributed by atoms with Crippen LogP contribution < -0.4 is 10.1 Å². The molecule has 5 nitrogen and oxygen atoms in total. The molecule has 0 atom stereocenters. The SMILES string of the molecule is Cc1ccc(C(=O)NCCOc2ccc(-c3cccs3)nn2)cc1C. The van der Waals surface area contributed by atoms with Crippen LogP contribution in [-0.2, 0) is 0 Å². The van der Waals surface area contributed by atoms with Crippen LogP contribution in [-0.4, -0.2) is 29.3 Å². The van der Waals surface area contributed by atoms with E-state index >= 15 is 0 Å². The Morgan fingerprint density at radius 1 is 1.12 bits per heavy atom. The smallest absolute Gasteiger partial charge is 0.251 e. The van der Waals surface area contributed by atoms with E-state index in [-0.39, 0.29) is 5.91 Å². The highest BCUT2D eigenvalue weighted by Crippen LogP contribution is 2.22. The molecular weight excluding hydrogens is 334 g/mol. The van der Waals surface area contributed by atoms with Crippen LogP contribution in [0.4, 0.5) is 0 Å². The van der Waals surface area contributed by atoms with E-state index < -0.39 is 0 Å². The van der Waals surface area contributed by atoms with Gasteiger partial charge in [-0.2, -0.15) is 0 Å². The van der Waals surface area contributed by atoms with E-state index in [4.69, 9.17) is 4.74 Å². The molecule has 0 aliphatic rings. The molecule has 6 heteroatoms. The number of ether oxygens (including phenoxy) is 1. The highest BCUT2D eigenvalue weighted by Gasteiger charge is 2.06. The number of thiophene rings is 1. The highest BCUT2D eigenvalue weighted by molar-refractivity contribution is 7.13. The second-order valence-corrected chi connectivity index (χ2v) is 6.59. The van der Waals surface area contributed by atoms with Crippen LogP contribution in [0.2, 0.25) is 0 Å². The van der Waals surface area contributed by atoms with Gasteiger partial charge in [0.15, 0.2) is 0 Å². The van der Waals surface area contributed by atoms with E-state index in [0.29, 0.717) is 24.6 Å². The lowest BCUT2D eigenvalue weighted by atomic mass is 10.1. The molecule has 0 spiro atoms. The van der Waals surface area contributed by atoms with E-state index in [1.807, 2.05) is 55.6 Å². The molecule has 0 aliphatic carbocycles. The lowest BCUT2D eigenvalue weighted by Gasteiger charge is -2.08. The fraction of sp³-hybridized carbons (Fsp3) is 0.211. The van der Waals surface area contributed by atoms with Crippen molar-refractivity contribution in [2.45, 2.75) is 13.8 Å². The Bertz CT molecular complexity index is 846. The average molecular weight is 353 g/mol. The first-order chi connectivity index (χ1) is 12.1. The van der Waals surface area contributed by atoms with Crippen LogP contribution in [0.5, 0.6) is 5.88 Å². The summed E-state index contributed by atoms with van der Waals surface area (Å²) in [5.74, 6) is 0.339. The van der Waals surface area contributed by atoms with Crippen molar-refractivity contribution in [3.63, 3.8) is 0 Å². The summed E-state index contributed by atoms with van der Waals surface area (Å²) in [7, 11) is 0. The maximum absolute atomic E-state index is 12.1. The Labute approximate surface area is 150 Å². The molecule has 3 rings (SSSR count). The van der Waals surface area contributed by atoms with Crippen molar-refractivity contribution in [1.29, 1.82) is 0 Å². The standard InChI is InChI=1S/C19H19N3O2S/c1-13-5-6-15(12-14(13)2)19(23)20-9-10-24-18-8-7-16(21-22-18)17-4-3-11-25-17/h3-8,11-12H,9-10H2,1-2H3,(H,20,23). The van der Waals surface area contributed by atoms with Crippen molar-refractivity contribution in [2.75, 3.05) is 13.2 Å². The van der Waals surface area contributed by atoms with Gasteiger partial charge < -0.3 is 10.1 Å². The molecule has 1 amide bonds. The molecule has 1 aromatic carbocycles. The maximum atomic E-state index is 12.1. The minimum Gasteiger partial charge on any atom is -0.475 e. The minimum atomic E-state index is -0.106. The Morgan fingerprint density at radius 2 is 2.00 bits per heavy atom. The third-order valence-electron chi connectivity index (χ3n) is 3.82. The molecule has 25 heavy (non-hydrogen) atoms. The topological polar surface area (TPSA) is 64.1 Å². The van der Waals surface area contributed by atoms with E-state index in [9.17, 15) is 4.79 Å². The van der Waals surface area contributed by atoms with E-state index in [0.717, 1.165) is 16.1 Å². The van der Waals surface area contributed by atoms with Gasteiger partial charge in [0.05, 0.1) is 11.4 Å². The summed E-state index contributed by atoms with van der Waals surface area (Å²) in [6, 6.07) is 13.3. The second kappa shape index (κ2) is 7.90. The van der Waals surface area contributed by atoms with E-state index in [1.165, 1.54) is 5.56 Å². The van der Waals surface area contributed by atoms with Crippen molar-refractivity contribution >= 4 is 17.2 Å². The summed E-state index contributed by atoms with van der Waals surface area (Å²) in [5, 5.41) is 13.0. The molecule has 0 radical (unpaired) electrons. The quantitative estimate of drug-likeness (QED) is 0.687. The normalized spacial score (nSPS) is 10.5. The monoisotopic (exact) mass is 353 g/mol. The van der Waals surface area contributed by atoms with Crippen molar-refractivity contribution < 1.29 is 9.53 Å². The molecule has 0 aliphatic heterocycles. The van der Waals surface area contributed by atoms with Crippen LogP contribution >= 0.6 is 11.3 Å². The van der Waals surface area contributed by atoms with Gasteiger partial charge in [-0.05, 0) is 54.6 Å². The van der Waals surface area contributed by atoms with Gasteiger partial charge in [0.1, 0.15) is 12.3 Å². The summed E-state index contributed by atoms with van der Waals surface area (Å²) in [4.78, 5) is 13.2. The largest absolute Gasteiger partial charge is 0.475 e. The maximum Gasteiger partial charge on any atom is 0.251 e. The summed E-state index contributed by atoms with van der Waals surface area (Å²) in [6.07, 6.45) is 0. The average Bonchev–Trinajstić information content (AvgIpc) is 3.16. The molecule has 2 aromatic heterocycles. The van der Waals surface area contributed by atoms with Gasteiger partial charge in [0.2, 0.25) is 5.88 Å². The van der Waals surface area contributed by atoms with Gasteiger partial charge in [0, 0.05) is 11.6 Å². The number of carbonyl (C=O) groups excluding carboxylic acids is 1. The van der Waals surface area contributed by atoms with Gasteiger partial charge in [-0.15, -0.1) is 21.5 Å². The van der Waals surface area contributed by atoms with Crippen LogP contribution in [0, 0.1) is 13.8 Å². The summed E-state index contributed by atoms with van der Waals surface area (Å²) >= 11 is 1.62. The van der Waals surface area contributed by atoms with E-state index in [1.54, 1.807) is 17.4 Å². The second-order valence-electron chi connectivity index (χ2n) is 5.64. The molecule has 0 fully saturated rings. The van der Waals surface area contributed by atoms with Gasteiger partial charge in [-0.1, -0.05) is 12.1 Å². The van der Waals surface area contributed by atoms with Gasteiger partial charge >= 0.3 is 0 Å². The number of aromatic nitrogens is 2. The molecule has 0 saturated carbocycles. The third kappa shape index (κ3) is 4.42. The Balaban J connectivity index is 1.46. The number of hydrogen-bond acceptors (Lipinski definition) is 5. The Morgan fingerprint density at radius 3 is 2.68 bits per heavy atom. The number of rotatable bonds is 6. The third-order valence-corrected chi connectivity index (χ3v) is 4.71. The number of benzene rings is 1. The van der Waals surface area contributed by atoms with Crippen molar-refractivity contribution in [3.8, 4) is 16.5 Å². The lowest BCUT2D eigenvalue weighted by molar-refractivity contribution is 0.0946. The van der Waals surface area contributed by atoms with E-state index in [2.05, 4.69) is 15.5 Å². The zero-order valence-electron chi connectivity index (χ0n) is 14.2. The predicted molar refractivity (Wildman–Crippen MR) is 99.1 cm³/mol. The van der Waals surface area contributed by atoms with Crippen molar-refractivity contribution in [3.05, 3.63) is 64.5 Å². The lowest BCUT2D eigenvalue weighted by Crippen LogP contribution is -2.28. The molecule has 128 valence electrons. The molecule has 0 bridgehead atoms. The van der Waals surface area contributed by atoms with Gasteiger partial charge in [-0.3, -0.25) is 4.79 Å². The van der Waals surface area contributed by atoms with Gasteiger partial charge in [0.25, 0.3) is 5.91 Å². The number of amides is 1. The molecule has 3 aromatic rings. The van der Waals surface area contributed by atoms with Crippen LogP contribution in [0.3, 0.4) is 0 Å². The van der Waals surface area contributed by atoms with Crippen molar-refractivity contribution in [1.82, 2.24) is 15.5 Å².